The molecule has 1 unspecified atom stereocenters. The molecule has 6 nitrogen and oxygen atoms in total. The zero-order valence-corrected chi connectivity index (χ0v) is 15.7. The van der Waals surface area contributed by atoms with Crippen molar-refractivity contribution in [2.24, 2.45) is 0 Å². The van der Waals surface area contributed by atoms with Crippen LogP contribution in [0.1, 0.15) is 31.9 Å². The standard InChI is InChI=1S/C17H21ClN2O4S/c1-11(2)24-16(22)9-14(12-5-3-4-6-13(12)18)19-15(21)10-20-7-8-25-17(20)23/h3-6,11,14H,7-10H2,1-2H3,(H,19,21). The first-order chi connectivity index (χ1) is 11.9. The van der Waals surface area contributed by atoms with E-state index in [0.717, 1.165) is 0 Å². The van der Waals surface area contributed by atoms with E-state index in [-0.39, 0.29) is 30.2 Å². The maximum atomic E-state index is 12.3. The maximum absolute atomic E-state index is 12.3. The first kappa shape index (κ1) is 19.6. The highest BCUT2D eigenvalue weighted by Crippen LogP contribution is 2.26. The number of amides is 2. The minimum absolute atomic E-state index is 0.0314. The molecule has 1 aromatic carbocycles. The van der Waals surface area contributed by atoms with Crippen molar-refractivity contribution >= 4 is 40.5 Å². The number of carbonyl (C=O) groups is 3. The van der Waals surface area contributed by atoms with E-state index in [1.165, 1.54) is 16.7 Å². The molecule has 1 aromatic rings. The van der Waals surface area contributed by atoms with Crippen molar-refractivity contribution in [2.75, 3.05) is 18.8 Å². The molecule has 2 rings (SSSR count). The number of nitrogens with one attached hydrogen (secondary N) is 1. The summed E-state index contributed by atoms with van der Waals surface area (Å²) in [7, 11) is 0. The third kappa shape index (κ3) is 5.93. The Hall–Kier alpha value is -1.73. The van der Waals surface area contributed by atoms with Gasteiger partial charge in [0.25, 0.3) is 5.24 Å². The van der Waals surface area contributed by atoms with Crippen LogP contribution < -0.4 is 5.32 Å². The zero-order chi connectivity index (χ0) is 18.4. The number of carbonyl (C=O) groups excluding carboxylic acids is 3. The summed E-state index contributed by atoms with van der Waals surface area (Å²) < 4.78 is 5.17. The number of ether oxygens (including phenoxy) is 1. The van der Waals surface area contributed by atoms with E-state index < -0.39 is 12.0 Å². The van der Waals surface area contributed by atoms with Gasteiger partial charge in [-0.3, -0.25) is 14.4 Å². The van der Waals surface area contributed by atoms with Crippen molar-refractivity contribution in [3.63, 3.8) is 0 Å². The molecule has 1 heterocycles. The average molecular weight is 385 g/mol. The Bertz CT molecular complexity index is 653. The molecule has 2 amide bonds. The van der Waals surface area contributed by atoms with Gasteiger partial charge in [0.2, 0.25) is 5.91 Å². The fraction of sp³-hybridized carbons (Fsp3) is 0.471. The predicted molar refractivity (Wildman–Crippen MR) is 97.6 cm³/mol. The Balaban J connectivity index is 2.08. The maximum Gasteiger partial charge on any atom is 0.308 e. The second-order valence-electron chi connectivity index (χ2n) is 5.92. The lowest BCUT2D eigenvalue weighted by Crippen LogP contribution is -2.39. The van der Waals surface area contributed by atoms with Crippen molar-refractivity contribution in [3.05, 3.63) is 34.9 Å². The number of thioether (sulfide) groups is 1. The van der Waals surface area contributed by atoms with E-state index >= 15 is 0 Å². The van der Waals surface area contributed by atoms with Gasteiger partial charge in [0, 0.05) is 17.3 Å². The summed E-state index contributed by atoms with van der Waals surface area (Å²) in [6.45, 7) is 4.03. The molecule has 1 aliphatic heterocycles. The molecule has 1 atom stereocenters. The minimum Gasteiger partial charge on any atom is -0.463 e. The summed E-state index contributed by atoms with van der Waals surface area (Å²) in [4.78, 5) is 37.5. The molecular formula is C17H21ClN2O4S. The van der Waals surface area contributed by atoms with E-state index in [2.05, 4.69) is 5.32 Å². The molecule has 0 bridgehead atoms. The van der Waals surface area contributed by atoms with Gasteiger partial charge in [0.15, 0.2) is 0 Å². The van der Waals surface area contributed by atoms with E-state index in [4.69, 9.17) is 16.3 Å². The quantitative estimate of drug-likeness (QED) is 0.731. The second kappa shape index (κ2) is 9.10. The van der Waals surface area contributed by atoms with Gasteiger partial charge in [0.1, 0.15) is 6.54 Å². The van der Waals surface area contributed by atoms with Crippen LogP contribution in [0.4, 0.5) is 4.79 Å². The van der Waals surface area contributed by atoms with Crippen LogP contribution in [0, 0.1) is 0 Å². The van der Waals surface area contributed by atoms with Crippen molar-refractivity contribution in [1.29, 1.82) is 0 Å². The minimum atomic E-state index is -0.613. The van der Waals surface area contributed by atoms with Crippen LogP contribution in [0.5, 0.6) is 0 Å². The number of halogens is 1. The van der Waals surface area contributed by atoms with Crippen LogP contribution in [0.2, 0.25) is 5.02 Å². The highest BCUT2D eigenvalue weighted by molar-refractivity contribution is 8.13. The van der Waals surface area contributed by atoms with Crippen molar-refractivity contribution in [3.8, 4) is 0 Å². The SMILES string of the molecule is CC(C)OC(=O)CC(NC(=O)CN1CCSC1=O)c1ccccc1Cl. The number of rotatable bonds is 7. The summed E-state index contributed by atoms with van der Waals surface area (Å²) >= 11 is 7.41. The molecule has 0 aliphatic carbocycles. The van der Waals surface area contributed by atoms with Gasteiger partial charge >= 0.3 is 5.97 Å². The number of benzene rings is 1. The Kier molecular flexibility index (Phi) is 7.13. The smallest absolute Gasteiger partial charge is 0.308 e. The lowest BCUT2D eigenvalue weighted by atomic mass is 10.0. The summed E-state index contributed by atoms with van der Waals surface area (Å²) in [5.41, 5.74) is 0.639. The van der Waals surface area contributed by atoms with Crippen LogP contribution in [0.15, 0.2) is 24.3 Å². The van der Waals surface area contributed by atoms with Crippen LogP contribution >= 0.6 is 23.4 Å². The molecule has 25 heavy (non-hydrogen) atoms. The van der Waals surface area contributed by atoms with Gasteiger partial charge in [-0.25, -0.2) is 0 Å². The zero-order valence-electron chi connectivity index (χ0n) is 14.2. The molecule has 8 heteroatoms. The summed E-state index contributed by atoms with van der Waals surface area (Å²) in [6, 6.07) is 6.40. The average Bonchev–Trinajstić information content (AvgIpc) is 2.91. The van der Waals surface area contributed by atoms with Crippen molar-refractivity contribution < 1.29 is 19.1 Å². The van der Waals surface area contributed by atoms with Gasteiger partial charge in [-0.1, -0.05) is 41.6 Å². The third-order valence-corrected chi connectivity index (χ3v) is 4.77. The fourth-order valence-electron chi connectivity index (χ4n) is 2.46. The van der Waals surface area contributed by atoms with Crippen LogP contribution in [-0.4, -0.2) is 47.0 Å². The molecule has 1 fully saturated rings. The molecular weight excluding hydrogens is 364 g/mol. The third-order valence-electron chi connectivity index (χ3n) is 3.53. The first-order valence-corrected chi connectivity index (χ1v) is 9.38. The van der Waals surface area contributed by atoms with Crippen LogP contribution in [0.3, 0.4) is 0 Å². The lowest BCUT2D eigenvalue weighted by molar-refractivity contribution is -0.148. The summed E-state index contributed by atoms with van der Waals surface area (Å²) in [5, 5.41) is 3.15. The normalized spacial score (nSPS) is 15.4. The van der Waals surface area contributed by atoms with Gasteiger partial charge < -0.3 is 15.0 Å². The molecule has 1 saturated heterocycles. The molecule has 0 aromatic heterocycles. The van der Waals surface area contributed by atoms with Crippen molar-refractivity contribution in [2.45, 2.75) is 32.4 Å². The molecule has 136 valence electrons. The molecule has 0 saturated carbocycles. The van der Waals surface area contributed by atoms with E-state index in [0.29, 0.717) is 22.9 Å². The highest BCUT2D eigenvalue weighted by atomic mass is 35.5. The predicted octanol–water partition coefficient (Wildman–Crippen LogP) is 3.01. The van der Waals surface area contributed by atoms with Gasteiger partial charge in [-0.2, -0.15) is 0 Å². The summed E-state index contributed by atoms with van der Waals surface area (Å²) in [5.74, 6) is -0.0769. The monoisotopic (exact) mass is 384 g/mol. The Labute approximate surface area is 156 Å². The summed E-state index contributed by atoms with van der Waals surface area (Å²) in [6.07, 6.45) is -0.273. The van der Waals surface area contributed by atoms with Gasteiger partial charge in [-0.15, -0.1) is 0 Å². The topological polar surface area (TPSA) is 75.7 Å². The molecule has 0 spiro atoms. The fourth-order valence-corrected chi connectivity index (χ4v) is 3.55. The van der Waals surface area contributed by atoms with E-state index in [1.807, 2.05) is 0 Å². The highest BCUT2D eigenvalue weighted by Gasteiger charge is 2.26. The number of esters is 1. The lowest BCUT2D eigenvalue weighted by Gasteiger charge is -2.22. The van der Waals surface area contributed by atoms with Gasteiger partial charge in [-0.05, 0) is 25.5 Å². The number of hydrogen-bond acceptors (Lipinski definition) is 5. The van der Waals surface area contributed by atoms with E-state index in [9.17, 15) is 14.4 Å². The van der Waals surface area contributed by atoms with Gasteiger partial charge in [0.05, 0.1) is 18.6 Å². The van der Waals surface area contributed by atoms with Crippen LogP contribution in [-0.2, 0) is 14.3 Å². The largest absolute Gasteiger partial charge is 0.463 e. The second-order valence-corrected chi connectivity index (χ2v) is 7.37. The van der Waals surface area contributed by atoms with Crippen molar-refractivity contribution in [1.82, 2.24) is 10.2 Å². The molecule has 1 N–H and O–H groups in total. The molecule has 1 aliphatic rings. The number of hydrogen-bond donors (Lipinski definition) is 1. The Morgan fingerprint density at radius 3 is 2.68 bits per heavy atom. The Morgan fingerprint density at radius 2 is 2.08 bits per heavy atom. The molecule has 0 radical (unpaired) electrons. The number of nitrogens with zero attached hydrogens (tertiary/aromatic N) is 1. The first-order valence-electron chi connectivity index (χ1n) is 8.01. The Morgan fingerprint density at radius 1 is 1.36 bits per heavy atom. The van der Waals surface area contributed by atoms with Crippen LogP contribution in [0.25, 0.3) is 0 Å². The van der Waals surface area contributed by atoms with E-state index in [1.54, 1.807) is 38.1 Å².